The molecule has 0 saturated heterocycles. The summed E-state index contributed by atoms with van der Waals surface area (Å²) in [6.45, 7) is 1.73. The summed E-state index contributed by atoms with van der Waals surface area (Å²) in [5.41, 5.74) is 2.13. The average molecular weight is 354 g/mol. The van der Waals surface area contributed by atoms with Crippen molar-refractivity contribution in [3.8, 4) is 0 Å². The zero-order valence-electron chi connectivity index (χ0n) is 14.0. The Morgan fingerprint density at radius 3 is 2.32 bits per heavy atom. The lowest BCUT2D eigenvalue weighted by Gasteiger charge is -2.10. The van der Waals surface area contributed by atoms with Crippen LogP contribution in [0.25, 0.3) is 0 Å². The zero-order chi connectivity index (χ0) is 18.4. The molecule has 1 fully saturated rings. The van der Waals surface area contributed by atoms with Gasteiger partial charge in [-0.25, -0.2) is 0 Å². The lowest BCUT2D eigenvalue weighted by molar-refractivity contribution is -0.173. The van der Waals surface area contributed by atoms with Crippen LogP contribution in [0, 0.1) is 5.92 Å². The normalized spacial score (nSPS) is 15.9. The van der Waals surface area contributed by atoms with Crippen LogP contribution < -0.4 is 10.6 Å². The third kappa shape index (κ3) is 5.92. The smallest absolute Gasteiger partial charge is 0.344 e. The van der Waals surface area contributed by atoms with Gasteiger partial charge in [-0.05, 0) is 43.4 Å². The largest absolute Gasteiger partial charge is 0.471 e. The fourth-order valence-electron chi connectivity index (χ4n) is 2.87. The Bertz CT molecular complexity index is 645. The molecule has 0 aliphatic heterocycles. The van der Waals surface area contributed by atoms with Crippen molar-refractivity contribution < 1.29 is 22.8 Å². The van der Waals surface area contributed by atoms with Crippen molar-refractivity contribution in [1.29, 1.82) is 0 Å². The van der Waals surface area contributed by atoms with Crippen molar-refractivity contribution in [1.82, 2.24) is 5.32 Å². The molecule has 0 unspecified atom stereocenters. The molecule has 0 atom stereocenters. The summed E-state index contributed by atoms with van der Waals surface area (Å²) >= 11 is 0. The van der Waals surface area contributed by atoms with Crippen molar-refractivity contribution >= 4 is 17.5 Å². The first kappa shape index (κ1) is 19.0. The van der Waals surface area contributed by atoms with Gasteiger partial charge < -0.3 is 10.6 Å². The quantitative estimate of drug-likeness (QED) is 0.787. The van der Waals surface area contributed by atoms with Gasteiger partial charge in [-0.3, -0.25) is 9.59 Å². The summed E-state index contributed by atoms with van der Waals surface area (Å²) in [7, 11) is 0. The Kier molecular flexibility index (Phi) is 6.22. The number of halogens is 3. The number of hydrogen-bond acceptors (Lipinski definition) is 2. The summed E-state index contributed by atoms with van der Waals surface area (Å²) in [5, 5.41) is 4.53. The van der Waals surface area contributed by atoms with Gasteiger partial charge in [0.2, 0.25) is 5.91 Å². The minimum Gasteiger partial charge on any atom is -0.344 e. The standard InChI is InChI=1S/C18H21F3N2O2/c1-12(14-4-2-3-5-14)10-16(24)23-15-8-6-13(7-9-15)11-22-17(25)18(19,20)21/h6-10,14H,2-5,11H2,1H3,(H,22,25)(H,23,24)/b12-10+. The van der Waals surface area contributed by atoms with Crippen LogP contribution in [0.15, 0.2) is 35.9 Å². The Morgan fingerprint density at radius 1 is 1.16 bits per heavy atom. The zero-order valence-corrected chi connectivity index (χ0v) is 14.0. The molecular formula is C18H21F3N2O2. The van der Waals surface area contributed by atoms with Gasteiger partial charge in [0.1, 0.15) is 0 Å². The highest BCUT2D eigenvalue weighted by atomic mass is 19.4. The average Bonchev–Trinajstić information content (AvgIpc) is 3.07. The number of carbonyl (C=O) groups is 2. The number of alkyl halides is 3. The molecule has 2 rings (SSSR count). The molecule has 136 valence electrons. The van der Waals surface area contributed by atoms with E-state index in [2.05, 4.69) is 5.32 Å². The van der Waals surface area contributed by atoms with E-state index in [0.29, 0.717) is 17.2 Å². The number of benzene rings is 1. The van der Waals surface area contributed by atoms with E-state index in [1.165, 1.54) is 12.8 Å². The minimum absolute atomic E-state index is 0.220. The van der Waals surface area contributed by atoms with E-state index in [4.69, 9.17) is 0 Å². The molecule has 1 aliphatic carbocycles. The number of amides is 2. The van der Waals surface area contributed by atoms with Crippen LogP contribution in [0.3, 0.4) is 0 Å². The van der Waals surface area contributed by atoms with Crippen LogP contribution in [0.2, 0.25) is 0 Å². The van der Waals surface area contributed by atoms with Crippen LogP contribution in [0.4, 0.5) is 18.9 Å². The second kappa shape index (κ2) is 8.18. The van der Waals surface area contributed by atoms with Crippen LogP contribution in [-0.4, -0.2) is 18.0 Å². The molecule has 0 radical (unpaired) electrons. The molecule has 1 aromatic carbocycles. The monoisotopic (exact) mass is 354 g/mol. The van der Waals surface area contributed by atoms with E-state index in [0.717, 1.165) is 18.4 Å². The first-order chi connectivity index (χ1) is 11.8. The van der Waals surface area contributed by atoms with E-state index >= 15 is 0 Å². The number of nitrogens with one attached hydrogen (secondary N) is 2. The maximum absolute atomic E-state index is 12.1. The van der Waals surface area contributed by atoms with Gasteiger partial charge in [-0.2, -0.15) is 13.2 Å². The molecule has 25 heavy (non-hydrogen) atoms. The summed E-state index contributed by atoms with van der Waals surface area (Å²) in [4.78, 5) is 22.8. The molecule has 1 saturated carbocycles. The Balaban J connectivity index is 1.86. The third-order valence-corrected chi connectivity index (χ3v) is 4.29. The van der Waals surface area contributed by atoms with Crippen LogP contribution >= 0.6 is 0 Å². The molecule has 2 amide bonds. The van der Waals surface area contributed by atoms with Gasteiger partial charge in [0, 0.05) is 18.3 Å². The Morgan fingerprint density at radius 2 is 1.76 bits per heavy atom. The first-order valence-corrected chi connectivity index (χ1v) is 8.19. The lowest BCUT2D eigenvalue weighted by atomic mass is 9.99. The highest BCUT2D eigenvalue weighted by molar-refractivity contribution is 5.99. The lowest BCUT2D eigenvalue weighted by Crippen LogP contribution is -2.36. The van der Waals surface area contributed by atoms with E-state index < -0.39 is 12.1 Å². The highest BCUT2D eigenvalue weighted by Crippen LogP contribution is 2.30. The van der Waals surface area contributed by atoms with Crippen molar-refractivity contribution in [3.63, 3.8) is 0 Å². The molecule has 0 heterocycles. The highest BCUT2D eigenvalue weighted by Gasteiger charge is 2.38. The second-order valence-electron chi connectivity index (χ2n) is 6.24. The number of hydrogen-bond donors (Lipinski definition) is 2. The molecule has 0 aromatic heterocycles. The van der Waals surface area contributed by atoms with Gasteiger partial charge in [-0.1, -0.05) is 30.5 Å². The van der Waals surface area contributed by atoms with E-state index in [9.17, 15) is 22.8 Å². The predicted molar refractivity (Wildman–Crippen MR) is 88.7 cm³/mol. The molecule has 7 heteroatoms. The number of carbonyl (C=O) groups excluding carboxylic acids is 2. The van der Waals surface area contributed by atoms with E-state index in [-0.39, 0.29) is 12.5 Å². The third-order valence-electron chi connectivity index (χ3n) is 4.29. The van der Waals surface area contributed by atoms with Gasteiger partial charge in [0.05, 0.1) is 0 Å². The maximum Gasteiger partial charge on any atom is 0.471 e. The van der Waals surface area contributed by atoms with Gasteiger partial charge >= 0.3 is 12.1 Å². The maximum atomic E-state index is 12.1. The van der Waals surface area contributed by atoms with Crippen molar-refractivity contribution in [2.24, 2.45) is 5.92 Å². The van der Waals surface area contributed by atoms with Gasteiger partial charge in [0.15, 0.2) is 0 Å². The van der Waals surface area contributed by atoms with E-state index in [1.807, 2.05) is 6.92 Å². The molecule has 4 nitrogen and oxygen atoms in total. The fourth-order valence-corrected chi connectivity index (χ4v) is 2.87. The molecule has 0 bridgehead atoms. The van der Waals surface area contributed by atoms with Crippen LogP contribution in [-0.2, 0) is 16.1 Å². The second-order valence-corrected chi connectivity index (χ2v) is 6.24. The van der Waals surface area contributed by atoms with Crippen molar-refractivity contribution in [2.75, 3.05) is 5.32 Å². The Labute approximate surface area is 144 Å². The van der Waals surface area contributed by atoms with Crippen molar-refractivity contribution in [2.45, 2.75) is 45.3 Å². The predicted octanol–water partition coefficient (Wildman–Crippen LogP) is 3.94. The number of rotatable bonds is 5. The molecule has 1 aliphatic rings. The summed E-state index contributed by atoms with van der Waals surface area (Å²) in [6.07, 6.45) is 1.35. The first-order valence-electron chi connectivity index (χ1n) is 8.19. The molecule has 1 aromatic rings. The number of anilines is 1. The molecule has 2 N–H and O–H groups in total. The minimum atomic E-state index is -4.89. The van der Waals surface area contributed by atoms with Crippen molar-refractivity contribution in [3.05, 3.63) is 41.5 Å². The SMILES string of the molecule is C/C(=C\C(=O)Nc1ccc(CNC(=O)C(F)(F)F)cc1)C1CCCC1. The summed E-state index contributed by atoms with van der Waals surface area (Å²) in [5.74, 6) is -1.72. The topological polar surface area (TPSA) is 58.2 Å². The molecule has 0 spiro atoms. The van der Waals surface area contributed by atoms with E-state index in [1.54, 1.807) is 35.7 Å². The van der Waals surface area contributed by atoms with Gasteiger partial charge in [0.25, 0.3) is 0 Å². The van der Waals surface area contributed by atoms with Crippen LogP contribution in [0.1, 0.15) is 38.2 Å². The summed E-state index contributed by atoms with van der Waals surface area (Å²) < 4.78 is 36.3. The number of allylic oxidation sites excluding steroid dienone is 1. The Hall–Kier alpha value is -2.31. The summed E-state index contributed by atoms with van der Waals surface area (Å²) in [6, 6.07) is 6.29. The molecular weight excluding hydrogens is 333 g/mol. The fraction of sp³-hybridized carbons (Fsp3) is 0.444. The van der Waals surface area contributed by atoms with Gasteiger partial charge in [-0.15, -0.1) is 0 Å². The van der Waals surface area contributed by atoms with Crippen LogP contribution in [0.5, 0.6) is 0 Å².